The lowest BCUT2D eigenvalue weighted by molar-refractivity contribution is -0.124. The van der Waals surface area contributed by atoms with Gasteiger partial charge in [0.1, 0.15) is 18.0 Å². The molecule has 2 aliphatic rings. The maximum Gasteiger partial charge on any atom is 0.407 e. The minimum absolute atomic E-state index is 0.109. The van der Waals surface area contributed by atoms with E-state index in [4.69, 9.17) is 9.47 Å². The van der Waals surface area contributed by atoms with Crippen LogP contribution in [0.1, 0.15) is 42.9 Å². The summed E-state index contributed by atoms with van der Waals surface area (Å²) in [6.07, 6.45) is 2.23. The molecule has 2 heterocycles. The average molecular weight is 384 g/mol. The van der Waals surface area contributed by atoms with Crippen LogP contribution < -0.4 is 10.6 Å². The van der Waals surface area contributed by atoms with Gasteiger partial charge in [0.05, 0.1) is 5.69 Å². The van der Waals surface area contributed by atoms with Crippen molar-refractivity contribution < 1.29 is 19.1 Å². The molecule has 2 aromatic rings. The first-order valence-corrected chi connectivity index (χ1v) is 9.63. The summed E-state index contributed by atoms with van der Waals surface area (Å²) in [4.78, 5) is 24.0. The highest BCUT2D eigenvalue weighted by Gasteiger charge is 2.35. The van der Waals surface area contributed by atoms with Crippen LogP contribution >= 0.6 is 0 Å². The van der Waals surface area contributed by atoms with Crippen LogP contribution in [0.15, 0.2) is 36.4 Å². The Kier molecular flexibility index (Phi) is 5.57. The first-order chi connectivity index (χ1) is 13.7. The van der Waals surface area contributed by atoms with Gasteiger partial charge in [-0.25, -0.2) is 4.79 Å². The molecular formula is C20H24N4O4. The molecule has 2 fully saturated rings. The molecule has 0 spiro atoms. The largest absolute Gasteiger partial charge is 0.446 e. The maximum absolute atomic E-state index is 12.1. The Balaban J connectivity index is 1.18. The van der Waals surface area contributed by atoms with Crippen molar-refractivity contribution >= 4 is 17.8 Å². The highest BCUT2D eigenvalue weighted by atomic mass is 16.6. The van der Waals surface area contributed by atoms with Crippen molar-refractivity contribution in [3.05, 3.63) is 47.7 Å². The Morgan fingerprint density at radius 3 is 2.82 bits per heavy atom. The summed E-state index contributed by atoms with van der Waals surface area (Å²) < 4.78 is 10.8. The van der Waals surface area contributed by atoms with Crippen LogP contribution in [0.3, 0.4) is 0 Å². The third kappa shape index (κ3) is 4.51. The van der Waals surface area contributed by atoms with E-state index >= 15 is 0 Å². The minimum Gasteiger partial charge on any atom is -0.446 e. The van der Waals surface area contributed by atoms with Gasteiger partial charge < -0.3 is 20.1 Å². The summed E-state index contributed by atoms with van der Waals surface area (Å²) in [6.45, 7) is 1.08. The van der Waals surface area contributed by atoms with E-state index in [0.717, 1.165) is 36.9 Å². The van der Waals surface area contributed by atoms with Crippen LogP contribution in [0, 0.1) is 0 Å². The maximum atomic E-state index is 12.1. The van der Waals surface area contributed by atoms with Gasteiger partial charge in [-0.3, -0.25) is 9.89 Å². The highest BCUT2D eigenvalue weighted by molar-refractivity contribution is 5.93. The van der Waals surface area contributed by atoms with E-state index in [1.807, 2.05) is 36.4 Å². The predicted molar refractivity (Wildman–Crippen MR) is 102 cm³/mol. The fraction of sp³-hybridized carbons (Fsp3) is 0.450. The number of aromatic amines is 1. The second-order valence-electron chi connectivity index (χ2n) is 7.23. The van der Waals surface area contributed by atoms with Crippen molar-refractivity contribution in [3.63, 3.8) is 0 Å². The molecule has 1 atom stereocenters. The zero-order valence-corrected chi connectivity index (χ0v) is 15.5. The van der Waals surface area contributed by atoms with Crippen LogP contribution in [-0.4, -0.2) is 41.0 Å². The molecule has 2 amide bonds. The zero-order chi connectivity index (χ0) is 19.3. The van der Waals surface area contributed by atoms with Crippen molar-refractivity contribution in [1.82, 2.24) is 15.5 Å². The molecule has 1 saturated carbocycles. The van der Waals surface area contributed by atoms with Gasteiger partial charge in [0, 0.05) is 25.1 Å². The van der Waals surface area contributed by atoms with Gasteiger partial charge in [-0.05, 0) is 31.2 Å². The van der Waals surface area contributed by atoms with E-state index < -0.39 is 6.09 Å². The van der Waals surface area contributed by atoms with Gasteiger partial charge in [-0.2, -0.15) is 5.10 Å². The summed E-state index contributed by atoms with van der Waals surface area (Å²) in [5, 5.41) is 12.7. The van der Waals surface area contributed by atoms with E-state index in [-0.39, 0.29) is 24.0 Å². The van der Waals surface area contributed by atoms with Crippen molar-refractivity contribution in [2.24, 2.45) is 0 Å². The molecule has 8 heteroatoms. The molecule has 8 nitrogen and oxygen atoms in total. The summed E-state index contributed by atoms with van der Waals surface area (Å²) in [5.74, 6) is 0.648. The number of hydrogen-bond acceptors (Lipinski definition) is 5. The van der Waals surface area contributed by atoms with Gasteiger partial charge in [-0.1, -0.05) is 30.3 Å². The molecule has 1 aliphatic carbocycles. The average Bonchev–Trinajstić information content (AvgIpc) is 3.35. The number of nitrogens with one attached hydrogen (secondary N) is 3. The molecule has 1 aromatic carbocycles. The van der Waals surface area contributed by atoms with E-state index in [2.05, 4.69) is 20.8 Å². The normalized spacial score (nSPS) is 23.6. The van der Waals surface area contributed by atoms with Gasteiger partial charge in [0.2, 0.25) is 0 Å². The number of alkyl carbamates (subject to hydrolysis) is 1. The Morgan fingerprint density at radius 2 is 2.07 bits per heavy atom. The number of nitrogens with zero attached hydrogens (tertiary/aromatic N) is 1. The van der Waals surface area contributed by atoms with E-state index in [0.29, 0.717) is 19.0 Å². The molecule has 3 N–H and O–H groups in total. The number of carbonyl (C=O) groups is 2. The molecule has 28 heavy (non-hydrogen) atoms. The van der Waals surface area contributed by atoms with Crippen molar-refractivity contribution in [3.8, 4) is 0 Å². The van der Waals surface area contributed by atoms with Gasteiger partial charge in [-0.15, -0.1) is 0 Å². The number of carbonyl (C=O) groups excluding carboxylic acids is 2. The predicted octanol–water partition coefficient (Wildman–Crippen LogP) is 2.70. The molecule has 1 aromatic heterocycles. The number of rotatable bonds is 6. The van der Waals surface area contributed by atoms with Gasteiger partial charge >= 0.3 is 6.09 Å². The van der Waals surface area contributed by atoms with Crippen molar-refractivity contribution in [2.75, 3.05) is 11.9 Å². The third-order valence-electron chi connectivity index (χ3n) is 5.14. The van der Waals surface area contributed by atoms with Gasteiger partial charge in [0.25, 0.3) is 5.91 Å². The second-order valence-corrected chi connectivity index (χ2v) is 7.23. The Labute approximate surface area is 163 Å². The Hall–Kier alpha value is -2.87. The fourth-order valence-electron chi connectivity index (χ4n) is 3.47. The lowest BCUT2D eigenvalue weighted by Crippen LogP contribution is -2.36. The lowest BCUT2D eigenvalue weighted by Gasteiger charge is -2.33. The summed E-state index contributed by atoms with van der Waals surface area (Å²) in [5.41, 5.74) is 1.90. The third-order valence-corrected chi connectivity index (χ3v) is 5.14. The molecule has 4 rings (SSSR count). The van der Waals surface area contributed by atoms with Crippen LogP contribution in [0.25, 0.3) is 0 Å². The molecule has 0 unspecified atom stereocenters. The van der Waals surface area contributed by atoms with Crippen LogP contribution in [0.4, 0.5) is 10.6 Å². The number of H-pyrrole nitrogens is 1. The number of amides is 2. The first kappa shape index (κ1) is 18.5. The Morgan fingerprint density at radius 1 is 1.25 bits per heavy atom. The number of hydrogen-bond donors (Lipinski definition) is 3. The molecule has 1 aliphatic heterocycles. The number of anilines is 1. The van der Waals surface area contributed by atoms with Crippen LogP contribution in [0.5, 0.6) is 0 Å². The Bertz CT molecular complexity index is 811. The SMILES string of the molecule is O=C(NCc1ccccc1)OC1CC(c2cc(NC(=O)[C@H]3CCCO3)[nH]n2)C1. The molecule has 0 bridgehead atoms. The number of aromatic nitrogens is 2. The topological polar surface area (TPSA) is 105 Å². The lowest BCUT2D eigenvalue weighted by atomic mass is 9.80. The van der Waals surface area contributed by atoms with E-state index in [1.54, 1.807) is 0 Å². The molecule has 0 radical (unpaired) electrons. The summed E-state index contributed by atoms with van der Waals surface area (Å²) in [7, 11) is 0. The minimum atomic E-state index is -0.404. The van der Waals surface area contributed by atoms with E-state index in [1.165, 1.54) is 0 Å². The zero-order valence-electron chi connectivity index (χ0n) is 15.5. The van der Waals surface area contributed by atoms with Crippen LogP contribution in [0.2, 0.25) is 0 Å². The van der Waals surface area contributed by atoms with Crippen molar-refractivity contribution in [2.45, 2.75) is 50.4 Å². The molecule has 148 valence electrons. The summed E-state index contributed by atoms with van der Waals surface area (Å²) in [6, 6.07) is 11.5. The smallest absolute Gasteiger partial charge is 0.407 e. The number of benzene rings is 1. The molecule has 1 saturated heterocycles. The monoisotopic (exact) mass is 384 g/mol. The second kappa shape index (κ2) is 8.43. The summed E-state index contributed by atoms with van der Waals surface area (Å²) >= 11 is 0. The van der Waals surface area contributed by atoms with E-state index in [9.17, 15) is 9.59 Å². The van der Waals surface area contributed by atoms with Crippen molar-refractivity contribution in [1.29, 1.82) is 0 Å². The van der Waals surface area contributed by atoms with Gasteiger partial charge in [0.15, 0.2) is 0 Å². The highest BCUT2D eigenvalue weighted by Crippen LogP contribution is 2.38. The standard InChI is InChI=1S/C20H24N4O4/c25-19(17-7-4-8-27-17)22-18-11-16(23-24-18)14-9-15(10-14)28-20(26)21-12-13-5-2-1-3-6-13/h1-3,5-6,11,14-15,17H,4,7-10,12H2,(H,21,26)(H2,22,23,24,25)/t14?,15?,17-/m1/s1. The fourth-order valence-corrected chi connectivity index (χ4v) is 3.47. The molecular weight excluding hydrogens is 360 g/mol. The quantitative estimate of drug-likeness (QED) is 0.710. The number of ether oxygens (including phenoxy) is 2. The van der Waals surface area contributed by atoms with Crippen LogP contribution in [-0.2, 0) is 20.8 Å². The first-order valence-electron chi connectivity index (χ1n) is 9.63.